The quantitative estimate of drug-likeness (QED) is 0.734. The van der Waals surface area contributed by atoms with Gasteiger partial charge in [0.25, 0.3) is 5.91 Å². The van der Waals surface area contributed by atoms with Crippen molar-refractivity contribution in [1.29, 1.82) is 0 Å². The van der Waals surface area contributed by atoms with Crippen LogP contribution in [0.1, 0.15) is 16.1 Å². The van der Waals surface area contributed by atoms with E-state index in [0.29, 0.717) is 12.3 Å². The molecule has 0 bridgehead atoms. The third-order valence-corrected chi connectivity index (χ3v) is 2.06. The van der Waals surface area contributed by atoms with Crippen LogP contribution in [0.25, 0.3) is 0 Å². The Labute approximate surface area is 104 Å². The van der Waals surface area contributed by atoms with Gasteiger partial charge in [-0.15, -0.1) is 0 Å². The van der Waals surface area contributed by atoms with Gasteiger partial charge >= 0.3 is 12.1 Å². The Kier molecular flexibility index (Phi) is 4.43. The number of carbonyl (C=O) groups is 2. The fraction of sp³-hybridized carbons (Fsp3) is 0.300. The molecule has 1 rings (SSSR count). The number of aromatic nitrogens is 1. The molecule has 0 spiro atoms. The summed E-state index contributed by atoms with van der Waals surface area (Å²) in [7, 11) is 0. The predicted molar refractivity (Wildman–Crippen MR) is 55.2 cm³/mol. The molecule has 0 aliphatic rings. The highest BCUT2D eigenvalue weighted by Gasteiger charge is 2.30. The molecule has 19 heavy (non-hydrogen) atoms. The molecule has 1 unspecified atom stereocenters. The van der Waals surface area contributed by atoms with Crippen LogP contribution in [0.5, 0.6) is 0 Å². The number of aliphatic hydroxyl groups is 1. The fourth-order valence-electron chi connectivity index (χ4n) is 1.06. The van der Waals surface area contributed by atoms with Crippen molar-refractivity contribution in [3.8, 4) is 0 Å². The van der Waals surface area contributed by atoms with Crippen LogP contribution in [0.4, 0.5) is 13.2 Å². The molecule has 0 saturated heterocycles. The summed E-state index contributed by atoms with van der Waals surface area (Å²) in [5, 5.41) is 19.3. The second-order valence-electron chi connectivity index (χ2n) is 3.49. The Morgan fingerprint density at radius 1 is 1.37 bits per heavy atom. The first-order valence-electron chi connectivity index (χ1n) is 4.94. The number of alkyl halides is 3. The number of aliphatic carboxylic acids is 1. The molecule has 1 heterocycles. The van der Waals surface area contributed by atoms with Crippen LogP contribution in [0.2, 0.25) is 0 Å². The van der Waals surface area contributed by atoms with Crippen molar-refractivity contribution in [2.75, 3.05) is 6.54 Å². The Morgan fingerprint density at radius 3 is 2.42 bits per heavy atom. The molecule has 1 atom stereocenters. The summed E-state index contributed by atoms with van der Waals surface area (Å²) in [6.07, 6.45) is -5.86. The number of halogens is 3. The summed E-state index contributed by atoms with van der Waals surface area (Å²) in [6.45, 7) is -0.573. The number of hydrogen-bond acceptors (Lipinski definition) is 4. The lowest BCUT2D eigenvalue weighted by Gasteiger charge is -2.08. The number of amides is 1. The molecular weight excluding hydrogens is 269 g/mol. The van der Waals surface area contributed by atoms with Crippen LogP contribution >= 0.6 is 0 Å². The number of rotatable bonds is 4. The average Bonchev–Trinajstić information content (AvgIpc) is 2.34. The number of pyridine rings is 1. The van der Waals surface area contributed by atoms with Gasteiger partial charge in [0.2, 0.25) is 0 Å². The molecule has 3 N–H and O–H groups in total. The molecule has 0 aliphatic carbocycles. The Hall–Kier alpha value is -2.16. The Bertz CT molecular complexity index is 473. The van der Waals surface area contributed by atoms with Gasteiger partial charge in [-0.2, -0.15) is 13.2 Å². The zero-order chi connectivity index (χ0) is 14.6. The van der Waals surface area contributed by atoms with Gasteiger partial charge in [-0.3, -0.25) is 9.78 Å². The van der Waals surface area contributed by atoms with Crippen molar-refractivity contribution < 1.29 is 33.0 Å². The summed E-state index contributed by atoms with van der Waals surface area (Å²) in [5.74, 6) is -2.41. The van der Waals surface area contributed by atoms with Gasteiger partial charge in [-0.05, 0) is 12.1 Å². The molecular formula is C10H9F3N2O4. The monoisotopic (exact) mass is 278 g/mol. The molecule has 1 aromatic rings. The van der Waals surface area contributed by atoms with Gasteiger partial charge in [0.05, 0.1) is 12.1 Å². The number of hydrogen-bond donors (Lipinski definition) is 3. The predicted octanol–water partition coefficient (Wildman–Crippen LogP) is 0.276. The highest BCUT2D eigenvalue weighted by molar-refractivity contribution is 5.92. The summed E-state index contributed by atoms with van der Waals surface area (Å²) in [6, 6.07) is 1.53. The Balaban J connectivity index is 2.66. The number of nitrogens with zero attached hydrogens (tertiary/aromatic N) is 1. The first kappa shape index (κ1) is 14.9. The fourth-order valence-corrected chi connectivity index (χ4v) is 1.06. The summed E-state index contributed by atoms with van der Waals surface area (Å²) >= 11 is 0. The molecule has 1 amide bonds. The topological polar surface area (TPSA) is 99.5 Å². The van der Waals surface area contributed by atoms with E-state index in [9.17, 15) is 22.8 Å². The molecule has 104 valence electrons. The van der Waals surface area contributed by atoms with E-state index in [4.69, 9.17) is 10.2 Å². The minimum atomic E-state index is -4.55. The van der Waals surface area contributed by atoms with Crippen LogP contribution < -0.4 is 5.32 Å². The molecule has 0 radical (unpaired) electrons. The molecule has 0 aromatic carbocycles. The Morgan fingerprint density at radius 2 is 2.00 bits per heavy atom. The van der Waals surface area contributed by atoms with Gasteiger partial charge < -0.3 is 15.5 Å². The van der Waals surface area contributed by atoms with Gasteiger partial charge in [-0.25, -0.2) is 4.79 Å². The number of carboxylic acid groups (broad SMARTS) is 1. The second kappa shape index (κ2) is 5.65. The maximum Gasteiger partial charge on any atom is 0.417 e. The van der Waals surface area contributed by atoms with E-state index in [1.54, 1.807) is 0 Å². The largest absolute Gasteiger partial charge is 0.479 e. The van der Waals surface area contributed by atoms with Gasteiger partial charge in [-0.1, -0.05) is 0 Å². The van der Waals surface area contributed by atoms with Crippen molar-refractivity contribution in [3.05, 3.63) is 29.6 Å². The molecule has 0 aliphatic heterocycles. The minimum absolute atomic E-state index is 0.314. The summed E-state index contributed by atoms with van der Waals surface area (Å²) < 4.78 is 36.7. The number of carbonyl (C=O) groups excluding carboxylic acids is 1. The van der Waals surface area contributed by atoms with Crippen LogP contribution in [0, 0.1) is 0 Å². The maximum absolute atomic E-state index is 12.2. The molecule has 1 aromatic heterocycles. The highest BCUT2D eigenvalue weighted by Crippen LogP contribution is 2.28. The third kappa shape index (κ3) is 4.21. The molecule has 6 nitrogen and oxygen atoms in total. The number of nitrogens with one attached hydrogen (secondary N) is 1. The van der Waals surface area contributed by atoms with Gasteiger partial charge in [0.1, 0.15) is 5.69 Å². The van der Waals surface area contributed by atoms with Crippen LogP contribution in [0.15, 0.2) is 18.3 Å². The summed E-state index contributed by atoms with van der Waals surface area (Å²) in [4.78, 5) is 24.9. The lowest BCUT2D eigenvalue weighted by Crippen LogP contribution is -2.36. The van der Waals surface area contributed by atoms with E-state index in [2.05, 4.69) is 4.98 Å². The normalized spacial score (nSPS) is 12.8. The average molecular weight is 278 g/mol. The lowest BCUT2D eigenvalue weighted by molar-refractivity contribution is -0.146. The molecule has 0 saturated carbocycles. The van der Waals surface area contributed by atoms with Crippen molar-refractivity contribution in [1.82, 2.24) is 10.3 Å². The van der Waals surface area contributed by atoms with E-state index in [1.807, 2.05) is 5.32 Å². The van der Waals surface area contributed by atoms with E-state index < -0.39 is 36.3 Å². The second-order valence-corrected chi connectivity index (χ2v) is 3.49. The number of carboxylic acids is 1. The van der Waals surface area contributed by atoms with E-state index in [-0.39, 0.29) is 5.69 Å². The third-order valence-electron chi connectivity index (χ3n) is 2.06. The van der Waals surface area contributed by atoms with Gasteiger partial charge in [0, 0.05) is 6.20 Å². The molecule has 9 heteroatoms. The van der Waals surface area contributed by atoms with Gasteiger partial charge in [0.15, 0.2) is 6.10 Å². The highest BCUT2D eigenvalue weighted by atomic mass is 19.4. The zero-order valence-electron chi connectivity index (χ0n) is 9.31. The van der Waals surface area contributed by atoms with Crippen molar-refractivity contribution in [3.63, 3.8) is 0 Å². The lowest BCUT2D eigenvalue weighted by atomic mass is 10.2. The summed E-state index contributed by atoms with van der Waals surface area (Å²) in [5.41, 5.74) is -1.32. The number of aliphatic hydroxyl groups excluding tert-OH is 1. The van der Waals surface area contributed by atoms with Crippen molar-refractivity contribution >= 4 is 11.9 Å². The first-order valence-corrected chi connectivity index (χ1v) is 4.94. The maximum atomic E-state index is 12.2. The standard InChI is InChI=1S/C10H9F3N2O4/c11-10(12,13)5-1-2-6(14-3-5)8(17)15-4-7(16)9(18)19/h1-3,7,16H,4H2,(H,15,17)(H,18,19). The molecule has 0 fully saturated rings. The smallest absolute Gasteiger partial charge is 0.417 e. The van der Waals surface area contributed by atoms with E-state index >= 15 is 0 Å². The minimum Gasteiger partial charge on any atom is -0.479 e. The van der Waals surface area contributed by atoms with Crippen molar-refractivity contribution in [2.45, 2.75) is 12.3 Å². The first-order chi connectivity index (χ1) is 8.71. The zero-order valence-corrected chi connectivity index (χ0v) is 9.31. The van der Waals surface area contributed by atoms with E-state index in [1.165, 1.54) is 0 Å². The van der Waals surface area contributed by atoms with Crippen LogP contribution in [0.3, 0.4) is 0 Å². The SMILES string of the molecule is O=C(NCC(O)C(=O)O)c1ccc(C(F)(F)F)cn1. The van der Waals surface area contributed by atoms with Crippen LogP contribution in [-0.4, -0.2) is 39.7 Å². The van der Waals surface area contributed by atoms with Crippen molar-refractivity contribution in [2.24, 2.45) is 0 Å². The van der Waals surface area contributed by atoms with Crippen LogP contribution in [-0.2, 0) is 11.0 Å². The van der Waals surface area contributed by atoms with E-state index in [0.717, 1.165) is 6.07 Å².